The number of fused-ring (bicyclic) bond motifs is 5. The molecule has 5 rings (SSSR count). The zero-order chi connectivity index (χ0) is 32.7. The number of carbonyl (C=O) groups is 1. The molecule has 4 aliphatic carbocycles. The van der Waals surface area contributed by atoms with Gasteiger partial charge in [-0.1, -0.05) is 105 Å². The van der Waals surface area contributed by atoms with Gasteiger partial charge in [-0.25, -0.2) is 0 Å². The summed E-state index contributed by atoms with van der Waals surface area (Å²) in [6.45, 7) is 13.8. The van der Waals surface area contributed by atoms with E-state index in [1.54, 1.807) is 0 Å². The van der Waals surface area contributed by atoms with Gasteiger partial charge in [0, 0.05) is 18.7 Å². The second-order valence-electron chi connectivity index (χ2n) is 17.5. The summed E-state index contributed by atoms with van der Waals surface area (Å²) in [4.78, 5) is 15.1. The number of anilines is 1. The summed E-state index contributed by atoms with van der Waals surface area (Å²) in [5.74, 6) is 5.56. The van der Waals surface area contributed by atoms with E-state index in [1.807, 2.05) is 17.8 Å². The van der Waals surface area contributed by atoms with Crippen LogP contribution in [0.3, 0.4) is 0 Å². The topological polar surface area (TPSA) is 24.2 Å². The van der Waals surface area contributed by atoms with Crippen LogP contribution < -0.4 is 9.47 Å². The van der Waals surface area contributed by atoms with Gasteiger partial charge >= 0.3 is 0 Å². The average molecular weight is 634 g/mol. The Morgan fingerprint density at radius 2 is 1.52 bits per heavy atom. The molecule has 4 saturated carbocycles. The fraction of sp³-hybridized carbons (Fsp3) is 0.860. The van der Waals surface area contributed by atoms with E-state index in [0.29, 0.717) is 16.9 Å². The van der Waals surface area contributed by atoms with Crippen molar-refractivity contribution in [1.29, 1.82) is 0 Å². The molecule has 0 bridgehead atoms. The molecule has 0 aromatic carbocycles. The number of carbonyl (C=O) groups excluding carboxylic acids is 1. The fourth-order valence-corrected chi connectivity index (χ4v) is 12.4. The molecule has 0 aliphatic heterocycles. The lowest BCUT2D eigenvalue weighted by Crippen LogP contribution is -2.56. The summed E-state index contributed by atoms with van der Waals surface area (Å²) in [6.07, 6.45) is 32.5. The minimum absolute atomic E-state index is 0.505. The summed E-state index contributed by atoms with van der Waals surface area (Å²) < 4.78 is 2.04. The predicted octanol–water partition coefficient (Wildman–Crippen LogP) is 11.5. The fourth-order valence-electron chi connectivity index (χ4n) is 12.4. The predicted molar refractivity (Wildman–Crippen MR) is 195 cm³/mol. The van der Waals surface area contributed by atoms with Gasteiger partial charge in [0.2, 0.25) is 6.29 Å². The third-order valence-corrected chi connectivity index (χ3v) is 15.0. The van der Waals surface area contributed by atoms with Crippen molar-refractivity contribution in [3.8, 4) is 0 Å². The molecule has 3 heteroatoms. The first-order valence-electron chi connectivity index (χ1n) is 20.5. The maximum atomic E-state index is 12.4. The Hall–Kier alpha value is -1.38. The summed E-state index contributed by atoms with van der Waals surface area (Å²) in [5, 5.41) is 0. The smallest absolute Gasteiger partial charge is 0.268 e. The van der Waals surface area contributed by atoms with E-state index in [4.69, 9.17) is 0 Å². The quantitative estimate of drug-likeness (QED) is 0.0968. The molecule has 1 aromatic rings. The standard InChI is InChI=1S/C43H73N2O/c1-7-9-10-11-12-13-14-15-16-17-30-45(40-20-18-29-44(6)41(40)32-46)35-25-27-42(4)34(31-35)21-22-36-38-24-23-37(33(3)19-8-2)43(38,5)28-26-39(36)42/h18,20,29,32-39H,7-17,19,21-28,30-31H2,1-6H3/q+1/t33-,34?,35?,36?,37-,38?,39?,42+,43-/m1/s1. The van der Waals surface area contributed by atoms with Gasteiger partial charge in [-0.15, -0.1) is 0 Å². The molecule has 0 radical (unpaired) electrons. The van der Waals surface area contributed by atoms with E-state index in [1.165, 1.54) is 141 Å². The normalized spacial score (nSPS) is 34.4. The number of hydrogen-bond donors (Lipinski definition) is 0. The monoisotopic (exact) mass is 634 g/mol. The van der Waals surface area contributed by atoms with Crippen molar-refractivity contribution in [1.82, 2.24) is 0 Å². The third kappa shape index (κ3) is 7.44. The van der Waals surface area contributed by atoms with Crippen molar-refractivity contribution < 1.29 is 9.36 Å². The molecule has 4 fully saturated rings. The summed E-state index contributed by atoms with van der Waals surface area (Å²) >= 11 is 0. The number of aldehydes is 1. The molecule has 9 atom stereocenters. The number of pyridine rings is 1. The summed E-state index contributed by atoms with van der Waals surface area (Å²) in [5.41, 5.74) is 3.14. The molecule has 0 spiro atoms. The van der Waals surface area contributed by atoms with Gasteiger partial charge in [0.1, 0.15) is 12.7 Å². The van der Waals surface area contributed by atoms with Crippen LogP contribution in [-0.4, -0.2) is 18.9 Å². The van der Waals surface area contributed by atoms with Crippen LogP contribution in [0.5, 0.6) is 0 Å². The van der Waals surface area contributed by atoms with Crippen molar-refractivity contribution in [3.05, 3.63) is 24.0 Å². The molecule has 0 saturated heterocycles. The molecule has 260 valence electrons. The van der Waals surface area contributed by atoms with Crippen molar-refractivity contribution in [3.63, 3.8) is 0 Å². The lowest BCUT2D eigenvalue weighted by molar-refractivity contribution is -0.672. The Morgan fingerprint density at radius 1 is 0.848 bits per heavy atom. The van der Waals surface area contributed by atoms with E-state index in [0.717, 1.165) is 54.0 Å². The number of rotatable bonds is 17. The minimum Gasteiger partial charge on any atom is -0.363 e. The third-order valence-electron chi connectivity index (χ3n) is 15.0. The van der Waals surface area contributed by atoms with Crippen LogP contribution in [0, 0.1) is 46.3 Å². The van der Waals surface area contributed by atoms with Gasteiger partial charge in [0.15, 0.2) is 6.20 Å². The van der Waals surface area contributed by atoms with Crippen LogP contribution in [0.1, 0.15) is 180 Å². The van der Waals surface area contributed by atoms with E-state index >= 15 is 0 Å². The van der Waals surface area contributed by atoms with Crippen LogP contribution in [0.4, 0.5) is 5.69 Å². The van der Waals surface area contributed by atoms with Crippen molar-refractivity contribution in [2.24, 2.45) is 53.4 Å². The first-order chi connectivity index (χ1) is 22.3. The Kier molecular flexibility index (Phi) is 12.8. The van der Waals surface area contributed by atoms with Gasteiger partial charge in [0.05, 0.1) is 0 Å². The molecule has 1 aromatic heterocycles. The van der Waals surface area contributed by atoms with E-state index < -0.39 is 0 Å². The number of nitrogens with zero attached hydrogens (tertiary/aromatic N) is 2. The van der Waals surface area contributed by atoms with E-state index in [-0.39, 0.29) is 0 Å². The highest BCUT2D eigenvalue weighted by atomic mass is 16.1. The molecule has 0 amide bonds. The molecule has 0 N–H and O–H groups in total. The van der Waals surface area contributed by atoms with Crippen LogP contribution >= 0.6 is 0 Å². The second-order valence-corrected chi connectivity index (χ2v) is 17.5. The SMILES string of the molecule is CCCCCCCCCCCCN(c1ccc[n+](C)c1C=O)C1CC[C@@]2(C)C(CCC3C2CC[C@@]2(C)C3CC[C@@H]2[C@H](C)CCC)C1. The molecule has 1 heterocycles. The Morgan fingerprint density at radius 3 is 2.22 bits per heavy atom. The number of aromatic nitrogens is 1. The molecule has 46 heavy (non-hydrogen) atoms. The Bertz CT molecular complexity index is 1100. The lowest BCUT2D eigenvalue weighted by atomic mass is 9.44. The van der Waals surface area contributed by atoms with Crippen molar-refractivity contribution in [2.75, 3.05) is 11.4 Å². The minimum atomic E-state index is 0.505. The lowest BCUT2D eigenvalue weighted by Gasteiger charge is -2.62. The van der Waals surface area contributed by atoms with Crippen LogP contribution in [0.2, 0.25) is 0 Å². The maximum Gasteiger partial charge on any atom is 0.268 e. The number of unbranched alkanes of at least 4 members (excludes halogenated alkanes) is 9. The van der Waals surface area contributed by atoms with Gasteiger partial charge in [0.25, 0.3) is 5.69 Å². The largest absolute Gasteiger partial charge is 0.363 e. The number of aryl methyl sites for hydroxylation is 1. The molecule has 3 nitrogen and oxygen atoms in total. The average Bonchev–Trinajstić information content (AvgIpc) is 3.41. The summed E-state index contributed by atoms with van der Waals surface area (Å²) in [6, 6.07) is 4.96. The highest BCUT2D eigenvalue weighted by Crippen LogP contribution is 2.68. The Balaban J connectivity index is 1.23. The van der Waals surface area contributed by atoms with Crippen LogP contribution in [-0.2, 0) is 7.05 Å². The van der Waals surface area contributed by atoms with Gasteiger partial charge < -0.3 is 4.90 Å². The van der Waals surface area contributed by atoms with Crippen LogP contribution in [0.15, 0.2) is 18.3 Å². The zero-order valence-electron chi connectivity index (χ0n) is 31.2. The van der Waals surface area contributed by atoms with Crippen LogP contribution in [0.25, 0.3) is 0 Å². The van der Waals surface area contributed by atoms with E-state index in [2.05, 4.69) is 51.7 Å². The number of hydrogen-bond acceptors (Lipinski definition) is 2. The first-order valence-corrected chi connectivity index (χ1v) is 20.5. The molecule has 5 unspecified atom stereocenters. The van der Waals surface area contributed by atoms with Gasteiger partial charge in [-0.2, -0.15) is 4.57 Å². The highest BCUT2D eigenvalue weighted by molar-refractivity contribution is 5.79. The van der Waals surface area contributed by atoms with Crippen molar-refractivity contribution in [2.45, 2.75) is 175 Å². The molecule has 4 aliphatic rings. The van der Waals surface area contributed by atoms with Gasteiger partial charge in [-0.05, 0) is 117 Å². The van der Waals surface area contributed by atoms with E-state index in [9.17, 15) is 4.79 Å². The highest BCUT2D eigenvalue weighted by Gasteiger charge is 2.60. The molecular formula is C43H73N2O+. The van der Waals surface area contributed by atoms with Gasteiger partial charge in [-0.3, -0.25) is 4.79 Å². The Labute approximate surface area is 285 Å². The maximum absolute atomic E-state index is 12.4. The zero-order valence-corrected chi connectivity index (χ0v) is 31.2. The summed E-state index contributed by atoms with van der Waals surface area (Å²) in [7, 11) is 2.04. The second kappa shape index (κ2) is 16.3. The molecular weight excluding hydrogens is 560 g/mol. The first kappa shape index (κ1) is 35.9. The van der Waals surface area contributed by atoms with Crippen molar-refractivity contribution >= 4 is 12.0 Å².